The van der Waals surface area contributed by atoms with Crippen molar-refractivity contribution in [3.8, 4) is 17.2 Å². The molecule has 0 aliphatic rings. The summed E-state index contributed by atoms with van der Waals surface area (Å²) < 4.78 is 16.5. The number of aliphatic hydroxyl groups is 1. The number of nitrogens with one attached hydrogen (secondary N) is 1. The van der Waals surface area contributed by atoms with Gasteiger partial charge in [0.25, 0.3) is 0 Å². The van der Waals surface area contributed by atoms with Crippen molar-refractivity contribution in [2.45, 2.75) is 39.2 Å². The Morgan fingerprint density at radius 3 is 2.39 bits per heavy atom. The number of aryl methyl sites for hydroxylation is 1. The maximum atomic E-state index is 10.2. The molecule has 0 radical (unpaired) electrons. The molecule has 2 rings (SSSR count). The molecule has 2 aromatic rings. The molecule has 5 heteroatoms. The molecule has 0 fully saturated rings. The average Bonchev–Trinajstić information content (AvgIpc) is 2.69. The fourth-order valence-corrected chi connectivity index (χ4v) is 3.03. The standard InChI is InChI=1S/C23H33NO4/c1-16(2)20-8-6-17(3)12-22(20)28-15-19(25)14-24-11-10-18-7-9-21(26-4)23(13-18)27-5/h6-9,12-13,16,19,24-25H,10-11,14-15H2,1-5H3/t19-/m0/s1. The summed E-state index contributed by atoms with van der Waals surface area (Å²) >= 11 is 0. The monoisotopic (exact) mass is 387 g/mol. The highest BCUT2D eigenvalue weighted by Gasteiger charge is 2.11. The Bertz CT molecular complexity index is 745. The topological polar surface area (TPSA) is 60.0 Å². The van der Waals surface area contributed by atoms with Crippen LogP contribution in [0.1, 0.15) is 36.5 Å². The second-order valence-electron chi connectivity index (χ2n) is 7.30. The van der Waals surface area contributed by atoms with E-state index >= 15 is 0 Å². The molecule has 0 unspecified atom stereocenters. The molecule has 154 valence electrons. The minimum absolute atomic E-state index is 0.270. The van der Waals surface area contributed by atoms with Crippen molar-refractivity contribution < 1.29 is 19.3 Å². The van der Waals surface area contributed by atoms with E-state index in [9.17, 15) is 5.11 Å². The lowest BCUT2D eigenvalue weighted by atomic mass is 10.0. The number of aliphatic hydroxyl groups excluding tert-OH is 1. The van der Waals surface area contributed by atoms with Gasteiger partial charge in [-0.2, -0.15) is 0 Å². The van der Waals surface area contributed by atoms with Gasteiger partial charge in [0.2, 0.25) is 0 Å². The summed E-state index contributed by atoms with van der Waals surface area (Å²) in [5, 5.41) is 13.5. The van der Waals surface area contributed by atoms with Crippen molar-refractivity contribution in [3.63, 3.8) is 0 Å². The SMILES string of the molecule is COc1ccc(CCNC[C@H](O)COc2cc(C)ccc2C(C)C)cc1OC. The molecule has 0 bridgehead atoms. The highest BCUT2D eigenvalue weighted by molar-refractivity contribution is 5.43. The molecule has 0 saturated heterocycles. The number of hydrogen-bond acceptors (Lipinski definition) is 5. The zero-order valence-electron chi connectivity index (χ0n) is 17.6. The molecule has 28 heavy (non-hydrogen) atoms. The Labute approximate surface area is 168 Å². The lowest BCUT2D eigenvalue weighted by Gasteiger charge is -2.18. The summed E-state index contributed by atoms with van der Waals surface area (Å²) in [6.07, 6.45) is 0.273. The second-order valence-corrected chi connectivity index (χ2v) is 7.30. The van der Waals surface area contributed by atoms with Crippen molar-refractivity contribution in [3.05, 3.63) is 53.1 Å². The van der Waals surface area contributed by atoms with E-state index < -0.39 is 6.10 Å². The van der Waals surface area contributed by atoms with E-state index in [0.717, 1.165) is 41.3 Å². The minimum Gasteiger partial charge on any atom is -0.493 e. The van der Waals surface area contributed by atoms with Crippen LogP contribution in [0, 0.1) is 6.92 Å². The number of methoxy groups -OCH3 is 2. The van der Waals surface area contributed by atoms with Crippen molar-refractivity contribution >= 4 is 0 Å². The third-order valence-electron chi connectivity index (χ3n) is 4.64. The van der Waals surface area contributed by atoms with Crippen LogP contribution in [0.5, 0.6) is 17.2 Å². The number of rotatable bonds is 11. The van der Waals surface area contributed by atoms with Crippen LogP contribution in [0.4, 0.5) is 0 Å². The van der Waals surface area contributed by atoms with E-state index in [1.807, 2.05) is 31.2 Å². The summed E-state index contributed by atoms with van der Waals surface area (Å²) in [5.41, 5.74) is 3.47. The van der Waals surface area contributed by atoms with Crippen LogP contribution < -0.4 is 19.5 Å². The summed E-state index contributed by atoms with van der Waals surface area (Å²) in [6, 6.07) is 12.1. The molecule has 0 heterocycles. The molecular formula is C23H33NO4. The molecular weight excluding hydrogens is 354 g/mol. The summed E-state index contributed by atoms with van der Waals surface area (Å²) in [4.78, 5) is 0. The summed E-state index contributed by atoms with van der Waals surface area (Å²) in [7, 11) is 3.26. The smallest absolute Gasteiger partial charge is 0.160 e. The van der Waals surface area contributed by atoms with Gasteiger partial charge >= 0.3 is 0 Å². The van der Waals surface area contributed by atoms with Gasteiger partial charge in [-0.3, -0.25) is 0 Å². The first-order valence-corrected chi connectivity index (χ1v) is 9.77. The first-order chi connectivity index (χ1) is 13.4. The summed E-state index contributed by atoms with van der Waals surface area (Å²) in [6.45, 7) is 7.84. The molecule has 5 nitrogen and oxygen atoms in total. The normalized spacial score (nSPS) is 12.1. The van der Waals surface area contributed by atoms with Crippen LogP contribution in [0.2, 0.25) is 0 Å². The van der Waals surface area contributed by atoms with Gasteiger partial charge in [0.1, 0.15) is 18.5 Å². The second kappa shape index (κ2) is 10.9. The van der Waals surface area contributed by atoms with Gasteiger partial charge in [-0.25, -0.2) is 0 Å². The van der Waals surface area contributed by atoms with E-state index in [0.29, 0.717) is 12.5 Å². The minimum atomic E-state index is -0.564. The molecule has 0 saturated carbocycles. The zero-order valence-corrected chi connectivity index (χ0v) is 17.6. The Hall–Kier alpha value is -2.24. The third-order valence-corrected chi connectivity index (χ3v) is 4.64. The Morgan fingerprint density at radius 1 is 0.964 bits per heavy atom. The predicted octanol–water partition coefficient (Wildman–Crippen LogP) is 3.71. The predicted molar refractivity (Wildman–Crippen MR) is 113 cm³/mol. The molecule has 2 N–H and O–H groups in total. The molecule has 0 aliphatic heterocycles. The van der Waals surface area contributed by atoms with Gasteiger partial charge in [-0.15, -0.1) is 0 Å². The van der Waals surface area contributed by atoms with E-state index in [-0.39, 0.29) is 6.61 Å². The highest BCUT2D eigenvalue weighted by Crippen LogP contribution is 2.28. The highest BCUT2D eigenvalue weighted by atomic mass is 16.5. The van der Waals surface area contributed by atoms with E-state index in [1.165, 1.54) is 5.56 Å². The molecule has 0 spiro atoms. The van der Waals surface area contributed by atoms with E-state index in [4.69, 9.17) is 14.2 Å². The van der Waals surface area contributed by atoms with Crippen LogP contribution in [0.15, 0.2) is 36.4 Å². The van der Waals surface area contributed by atoms with E-state index in [1.54, 1.807) is 14.2 Å². The van der Waals surface area contributed by atoms with Crippen molar-refractivity contribution in [1.82, 2.24) is 5.32 Å². The first kappa shape index (κ1) is 22.1. The molecule has 2 aromatic carbocycles. The average molecular weight is 388 g/mol. The molecule has 1 atom stereocenters. The van der Waals surface area contributed by atoms with Crippen molar-refractivity contribution in [1.29, 1.82) is 0 Å². The van der Waals surface area contributed by atoms with Gasteiger partial charge in [-0.1, -0.05) is 32.0 Å². The molecule has 0 aliphatic carbocycles. The van der Waals surface area contributed by atoms with Gasteiger partial charge < -0.3 is 24.6 Å². The first-order valence-electron chi connectivity index (χ1n) is 9.77. The summed E-state index contributed by atoms with van der Waals surface area (Å²) in [5.74, 6) is 2.70. The largest absolute Gasteiger partial charge is 0.493 e. The Kier molecular flexibility index (Phi) is 8.61. The molecule has 0 aromatic heterocycles. The quantitative estimate of drug-likeness (QED) is 0.576. The Balaban J connectivity index is 1.76. The van der Waals surface area contributed by atoms with Crippen LogP contribution in [0.25, 0.3) is 0 Å². The number of ether oxygens (including phenoxy) is 3. The Morgan fingerprint density at radius 2 is 1.71 bits per heavy atom. The van der Waals surface area contributed by atoms with Crippen molar-refractivity contribution in [2.75, 3.05) is 33.9 Å². The van der Waals surface area contributed by atoms with Gasteiger partial charge in [-0.05, 0) is 60.7 Å². The fourth-order valence-electron chi connectivity index (χ4n) is 3.03. The maximum absolute atomic E-state index is 10.2. The maximum Gasteiger partial charge on any atom is 0.160 e. The fraction of sp³-hybridized carbons (Fsp3) is 0.478. The van der Waals surface area contributed by atoms with Crippen LogP contribution >= 0.6 is 0 Å². The van der Waals surface area contributed by atoms with Gasteiger partial charge in [0, 0.05) is 6.54 Å². The lowest BCUT2D eigenvalue weighted by Crippen LogP contribution is -2.32. The van der Waals surface area contributed by atoms with Crippen LogP contribution in [-0.4, -0.2) is 45.1 Å². The zero-order chi connectivity index (χ0) is 20.5. The third kappa shape index (κ3) is 6.43. The van der Waals surface area contributed by atoms with Gasteiger partial charge in [0.15, 0.2) is 11.5 Å². The van der Waals surface area contributed by atoms with Crippen molar-refractivity contribution in [2.24, 2.45) is 0 Å². The van der Waals surface area contributed by atoms with Gasteiger partial charge in [0.05, 0.1) is 14.2 Å². The van der Waals surface area contributed by atoms with Crippen LogP contribution in [0.3, 0.4) is 0 Å². The lowest BCUT2D eigenvalue weighted by molar-refractivity contribution is 0.106. The number of benzene rings is 2. The van der Waals surface area contributed by atoms with Crippen LogP contribution in [-0.2, 0) is 6.42 Å². The number of hydrogen-bond donors (Lipinski definition) is 2. The molecule has 0 amide bonds. The van der Waals surface area contributed by atoms with E-state index in [2.05, 4.69) is 31.3 Å².